The molecule has 0 aliphatic carbocycles. The zero-order chi connectivity index (χ0) is 19.1. The molecule has 1 heterocycles. The van der Waals surface area contributed by atoms with Crippen LogP contribution >= 0.6 is 15.9 Å². The normalized spacial score (nSPS) is 18.8. The lowest BCUT2D eigenvalue weighted by atomic mass is 9.87. The van der Waals surface area contributed by atoms with E-state index in [2.05, 4.69) is 22.5 Å². The molecule has 0 spiro atoms. The molecule has 1 amide bonds. The molecule has 3 rings (SSSR count). The average Bonchev–Trinajstić information content (AvgIpc) is 2.79. The Hall–Kier alpha value is -2.24. The second kappa shape index (κ2) is 6.82. The number of aryl methyl sites for hydroxylation is 2. The number of amides is 1. The van der Waals surface area contributed by atoms with Gasteiger partial charge in [0.05, 0.1) is 12.1 Å². The van der Waals surface area contributed by atoms with Crippen LogP contribution in [-0.2, 0) is 10.4 Å². The van der Waals surface area contributed by atoms with Gasteiger partial charge in [0.25, 0.3) is 5.91 Å². The number of hydrogen-bond acceptors (Lipinski definition) is 3. The Morgan fingerprint density at radius 3 is 2.69 bits per heavy atom. The molecule has 2 aromatic rings. The molecule has 0 bridgehead atoms. The van der Waals surface area contributed by atoms with Gasteiger partial charge >= 0.3 is 0 Å². The fourth-order valence-corrected chi connectivity index (χ4v) is 3.73. The highest BCUT2D eigenvalue weighted by Gasteiger charge is 2.50. The summed E-state index contributed by atoms with van der Waals surface area (Å²) >= 11 is 3.38. The number of carbonyl (C=O) groups excluding carboxylic acids is 2. The molecule has 1 aliphatic heterocycles. The van der Waals surface area contributed by atoms with Gasteiger partial charge in [-0.2, -0.15) is 0 Å². The predicted molar refractivity (Wildman–Crippen MR) is 105 cm³/mol. The molecule has 0 fully saturated rings. The van der Waals surface area contributed by atoms with Gasteiger partial charge < -0.3 is 10.0 Å². The van der Waals surface area contributed by atoms with E-state index in [-0.39, 0.29) is 18.7 Å². The van der Waals surface area contributed by atoms with Gasteiger partial charge in [-0.1, -0.05) is 39.7 Å². The zero-order valence-corrected chi connectivity index (χ0v) is 16.3. The number of rotatable bonds is 5. The van der Waals surface area contributed by atoms with Gasteiger partial charge in [0.2, 0.25) is 0 Å². The topological polar surface area (TPSA) is 57.6 Å². The number of hydrogen-bond donors (Lipinski definition) is 1. The van der Waals surface area contributed by atoms with Crippen LogP contribution in [-0.4, -0.2) is 23.3 Å². The predicted octanol–water partition coefficient (Wildman–Crippen LogP) is 4.06. The van der Waals surface area contributed by atoms with Crippen LogP contribution in [0.25, 0.3) is 0 Å². The first-order valence-electron chi connectivity index (χ1n) is 8.33. The van der Waals surface area contributed by atoms with Crippen LogP contribution in [0, 0.1) is 13.8 Å². The van der Waals surface area contributed by atoms with E-state index in [4.69, 9.17) is 0 Å². The molecule has 0 aromatic heterocycles. The zero-order valence-electron chi connectivity index (χ0n) is 14.8. The van der Waals surface area contributed by atoms with E-state index in [0.29, 0.717) is 16.8 Å². The van der Waals surface area contributed by atoms with E-state index in [1.165, 1.54) is 4.90 Å². The summed E-state index contributed by atoms with van der Waals surface area (Å²) in [6.45, 7) is 7.70. The molecule has 0 saturated carbocycles. The fourth-order valence-electron chi connectivity index (χ4n) is 3.37. The highest BCUT2D eigenvalue weighted by Crippen LogP contribution is 2.44. The fraction of sp³-hybridized carbons (Fsp3) is 0.238. The number of ketones is 1. The quantitative estimate of drug-likeness (QED) is 0.593. The van der Waals surface area contributed by atoms with Crippen LogP contribution in [0.15, 0.2) is 53.5 Å². The first kappa shape index (κ1) is 18.5. The molecule has 4 nitrogen and oxygen atoms in total. The van der Waals surface area contributed by atoms with Crippen LogP contribution in [0.5, 0.6) is 0 Å². The first-order chi connectivity index (χ1) is 12.3. The highest BCUT2D eigenvalue weighted by atomic mass is 79.9. The van der Waals surface area contributed by atoms with Gasteiger partial charge in [-0.15, -0.1) is 6.58 Å². The van der Waals surface area contributed by atoms with Gasteiger partial charge in [-0.25, -0.2) is 0 Å². The van der Waals surface area contributed by atoms with Crippen LogP contribution in [0.2, 0.25) is 0 Å². The van der Waals surface area contributed by atoms with Crippen molar-refractivity contribution in [1.82, 2.24) is 0 Å². The molecule has 2 aromatic carbocycles. The first-order valence-corrected chi connectivity index (χ1v) is 9.13. The molecule has 1 atom stereocenters. The summed E-state index contributed by atoms with van der Waals surface area (Å²) in [5.74, 6) is -0.752. The second-order valence-electron chi connectivity index (χ2n) is 6.64. The monoisotopic (exact) mass is 413 g/mol. The number of carbonyl (C=O) groups is 2. The maximum absolute atomic E-state index is 13.0. The maximum atomic E-state index is 13.0. The van der Waals surface area contributed by atoms with Crippen LogP contribution < -0.4 is 4.90 Å². The van der Waals surface area contributed by atoms with Gasteiger partial charge in [0.1, 0.15) is 0 Å². The minimum Gasteiger partial charge on any atom is -0.375 e. The van der Waals surface area contributed by atoms with Crippen molar-refractivity contribution in [1.29, 1.82) is 0 Å². The number of Topliss-reactive ketones (excluding diaryl/α,β-unsaturated/α-hetero) is 1. The summed E-state index contributed by atoms with van der Waals surface area (Å²) in [7, 11) is 0. The Balaban J connectivity index is 2.04. The third-order valence-electron chi connectivity index (χ3n) is 4.72. The highest BCUT2D eigenvalue weighted by molar-refractivity contribution is 9.10. The van der Waals surface area contributed by atoms with Gasteiger partial charge in [-0.05, 0) is 43.7 Å². The van der Waals surface area contributed by atoms with Gasteiger partial charge in [0, 0.05) is 22.1 Å². The van der Waals surface area contributed by atoms with Crippen molar-refractivity contribution in [3.63, 3.8) is 0 Å². The minimum absolute atomic E-state index is 0.256. The lowest BCUT2D eigenvalue weighted by Crippen LogP contribution is -2.42. The summed E-state index contributed by atoms with van der Waals surface area (Å²) in [6, 6.07) is 10.9. The molecular weight excluding hydrogens is 394 g/mol. The van der Waals surface area contributed by atoms with Crippen LogP contribution in [0.4, 0.5) is 5.69 Å². The number of aliphatic hydroxyl groups is 1. The molecule has 26 heavy (non-hydrogen) atoms. The molecule has 5 heteroatoms. The molecule has 0 saturated heterocycles. The van der Waals surface area contributed by atoms with Crippen molar-refractivity contribution in [2.24, 2.45) is 0 Å². The van der Waals surface area contributed by atoms with E-state index in [0.717, 1.165) is 15.6 Å². The summed E-state index contributed by atoms with van der Waals surface area (Å²) in [5.41, 5.74) is 1.49. The van der Waals surface area contributed by atoms with Crippen LogP contribution in [0.3, 0.4) is 0 Å². The van der Waals surface area contributed by atoms with E-state index in [9.17, 15) is 14.7 Å². The average molecular weight is 414 g/mol. The summed E-state index contributed by atoms with van der Waals surface area (Å²) in [5, 5.41) is 11.3. The number of anilines is 1. The van der Waals surface area contributed by atoms with Crippen molar-refractivity contribution in [2.75, 3.05) is 11.4 Å². The Morgan fingerprint density at radius 1 is 1.27 bits per heavy atom. The number of halogens is 1. The maximum Gasteiger partial charge on any atom is 0.264 e. The smallest absolute Gasteiger partial charge is 0.264 e. The Kier molecular flexibility index (Phi) is 4.86. The molecule has 1 N–H and O–H groups in total. The van der Waals surface area contributed by atoms with Gasteiger partial charge in [-0.3, -0.25) is 9.59 Å². The lowest BCUT2D eigenvalue weighted by Gasteiger charge is -2.22. The molecule has 134 valence electrons. The van der Waals surface area contributed by atoms with E-state index in [1.54, 1.807) is 30.3 Å². The van der Waals surface area contributed by atoms with Crippen molar-refractivity contribution < 1.29 is 14.7 Å². The van der Waals surface area contributed by atoms with E-state index in [1.807, 2.05) is 26.0 Å². The van der Waals surface area contributed by atoms with Crippen molar-refractivity contribution in [2.45, 2.75) is 25.9 Å². The number of fused-ring (bicyclic) bond motifs is 1. The molecular formula is C21H20BrNO3. The SMILES string of the molecule is C=CCN1C(=O)[C@](O)(CC(=O)c2cc(C)ccc2C)c2cc(Br)ccc21. The molecule has 1 aliphatic rings. The third kappa shape index (κ3) is 3.02. The lowest BCUT2D eigenvalue weighted by molar-refractivity contribution is -0.135. The standard InChI is InChI=1S/C21H20BrNO3/c1-4-9-23-18-8-7-15(22)11-17(18)21(26,20(23)25)12-19(24)16-10-13(2)5-6-14(16)3/h4-8,10-11,26H,1,9,12H2,2-3H3/t21-/m0/s1. The summed E-state index contributed by atoms with van der Waals surface area (Å²) in [6.07, 6.45) is 1.30. The van der Waals surface area contributed by atoms with Crippen molar-refractivity contribution in [3.8, 4) is 0 Å². The Morgan fingerprint density at radius 2 is 2.00 bits per heavy atom. The number of nitrogens with zero attached hydrogens (tertiary/aromatic N) is 1. The molecule has 0 radical (unpaired) electrons. The van der Waals surface area contributed by atoms with Crippen molar-refractivity contribution >= 4 is 33.3 Å². The second-order valence-corrected chi connectivity index (χ2v) is 7.56. The molecule has 0 unspecified atom stereocenters. The minimum atomic E-state index is -1.88. The number of benzene rings is 2. The Bertz CT molecular complexity index is 921. The van der Waals surface area contributed by atoms with Crippen LogP contribution in [0.1, 0.15) is 33.5 Å². The van der Waals surface area contributed by atoms with E-state index < -0.39 is 11.5 Å². The largest absolute Gasteiger partial charge is 0.375 e. The van der Waals surface area contributed by atoms with Gasteiger partial charge in [0.15, 0.2) is 11.4 Å². The third-order valence-corrected chi connectivity index (χ3v) is 5.21. The van der Waals surface area contributed by atoms with E-state index >= 15 is 0 Å². The summed E-state index contributed by atoms with van der Waals surface area (Å²) in [4.78, 5) is 27.3. The van der Waals surface area contributed by atoms with Crippen molar-refractivity contribution in [3.05, 3.63) is 75.8 Å². The summed E-state index contributed by atoms with van der Waals surface area (Å²) < 4.78 is 0.738. The Labute approximate surface area is 161 Å².